The number of esters is 1. The first-order valence-corrected chi connectivity index (χ1v) is 9.66. The molecule has 0 fully saturated rings. The summed E-state index contributed by atoms with van der Waals surface area (Å²) in [6, 6.07) is 7.33. The summed E-state index contributed by atoms with van der Waals surface area (Å²) in [4.78, 5) is 12.7. The van der Waals surface area contributed by atoms with Crippen LogP contribution < -0.4 is 15.4 Å². The van der Waals surface area contributed by atoms with Crippen LogP contribution in [0.4, 0.5) is 0 Å². The van der Waals surface area contributed by atoms with E-state index < -0.39 is 6.04 Å². The van der Waals surface area contributed by atoms with Gasteiger partial charge in [0.05, 0.1) is 24.8 Å². The van der Waals surface area contributed by atoms with Crippen molar-refractivity contribution < 1.29 is 14.3 Å². The van der Waals surface area contributed by atoms with Crippen LogP contribution in [0.3, 0.4) is 0 Å². The second-order valence-electron chi connectivity index (χ2n) is 6.30. The van der Waals surface area contributed by atoms with Gasteiger partial charge < -0.3 is 20.1 Å². The minimum atomic E-state index is -0.393. The molecule has 1 aromatic carbocycles. The first kappa shape index (κ1) is 20.2. The molecule has 1 aliphatic rings. The van der Waals surface area contributed by atoms with E-state index in [0.717, 1.165) is 37.0 Å². The van der Waals surface area contributed by atoms with E-state index in [1.54, 1.807) is 0 Å². The van der Waals surface area contributed by atoms with Crippen LogP contribution in [0.15, 0.2) is 35.5 Å². The highest BCUT2D eigenvalue weighted by atomic mass is 32.1. The number of carbonyl (C=O) groups excluding carboxylic acids is 1. The van der Waals surface area contributed by atoms with Crippen LogP contribution in [-0.4, -0.2) is 24.3 Å². The zero-order valence-corrected chi connectivity index (χ0v) is 16.6. The van der Waals surface area contributed by atoms with Crippen molar-refractivity contribution >= 4 is 23.3 Å². The van der Waals surface area contributed by atoms with Gasteiger partial charge in [0.2, 0.25) is 0 Å². The SMILES string of the molecule is CCCCCOC(=O)C1=C(C)NC(=S)NC1c1ccccc1OCCC. The Hall–Kier alpha value is -2.08. The fourth-order valence-corrected chi connectivity index (χ4v) is 3.13. The molecule has 2 N–H and O–H groups in total. The molecule has 0 aromatic heterocycles. The summed E-state index contributed by atoms with van der Waals surface area (Å²) in [6.07, 6.45) is 3.91. The molecule has 1 unspecified atom stereocenters. The fourth-order valence-electron chi connectivity index (χ4n) is 2.85. The van der Waals surface area contributed by atoms with Crippen LogP contribution in [0.1, 0.15) is 58.1 Å². The smallest absolute Gasteiger partial charge is 0.338 e. The number of carbonyl (C=O) groups is 1. The maximum atomic E-state index is 12.7. The summed E-state index contributed by atoms with van der Waals surface area (Å²) in [5, 5.41) is 6.71. The van der Waals surface area contributed by atoms with Gasteiger partial charge in [0, 0.05) is 11.3 Å². The van der Waals surface area contributed by atoms with Crippen molar-refractivity contribution in [3.05, 3.63) is 41.1 Å². The van der Waals surface area contributed by atoms with E-state index in [9.17, 15) is 4.79 Å². The molecule has 0 saturated heterocycles. The van der Waals surface area contributed by atoms with Gasteiger partial charge in [0.15, 0.2) is 5.11 Å². The number of hydrogen-bond acceptors (Lipinski definition) is 4. The molecule has 142 valence electrons. The van der Waals surface area contributed by atoms with E-state index in [2.05, 4.69) is 24.5 Å². The third-order valence-electron chi connectivity index (χ3n) is 4.16. The van der Waals surface area contributed by atoms with Gasteiger partial charge in [-0.2, -0.15) is 0 Å². The molecular weight excluding hydrogens is 348 g/mol. The molecular formula is C20H28N2O3S. The number of hydrogen-bond donors (Lipinski definition) is 2. The van der Waals surface area contributed by atoms with Crippen LogP contribution in [0.5, 0.6) is 5.75 Å². The first-order chi connectivity index (χ1) is 12.6. The Morgan fingerprint density at radius 2 is 1.92 bits per heavy atom. The fraction of sp³-hybridized carbons (Fsp3) is 0.500. The summed E-state index contributed by atoms with van der Waals surface area (Å²) < 4.78 is 11.4. The Labute approximate surface area is 161 Å². The third kappa shape index (κ3) is 5.21. The molecule has 5 nitrogen and oxygen atoms in total. The predicted molar refractivity (Wildman–Crippen MR) is 107 cm³/mol. The quantitative estimate of drug-likeness (QED) is 0.386. The molecule has 1 atom stereocenters. The summed E-state index contributed by atoms with van der Waals surface area (Å²) in [6.45, 7) is 7.07. The number of thiocarbonyl (C=S) groups is 1. The molecule has 2 rings (SSSR count). The minimum Gasteiger partial charge on any atom is -0.493 e. The van der Waals surface area contributed by atoms with Crippen molar-refractivity contribution in [2.75, 3.05) is 13.2 Å². The van der Waals surface area contributed by atoms with Gasteiger partial charge >= 0.3 is 5.97 Å². The van der Waals surface area contributed by atoms with Crippen LogP contribution in [0.2, 0.25) is 0 Å². The van der Waals surface area contributed by atoms with E-state index >= 15 is 0 Å². The Morgan fingerprint density at radius 1 is 1.15 bits per heavy atom. The number of rotatable bonds is 9. The van der Waals surface area contributed by atoms with E-state index in [0.29, 0.717) is 29.6 Å². The second-order valence-corrected chi connectivity index (χ2v) is 6.71. The molecule has 0 bridgehead atoms. The van der Waals surface area contributed by atoms with Crippen LogP contribution >= 0.6 is 12.2 Å². The van der Waals surface area contributed by atoms with Gasteiger partial charge in [-0.25, -0.2) is 4.79 Å². The summed E-state index contributed by atoms with van der Waals surface area (Å²) in [5.41, 5.74) is 2.14. The first-order valence-electron chi connectivity index (χ1n) is 9.25. The largest absolute Gasteiger partial charge is 0.493 e. The lowest BCUT2D eigenvalue weighted by molar-refractivity contribution is -0.139. The second kappa shape index (κ2) is 10.2. The molecule has 0 aliphatic carbocycles. The van der Waals surface area contributed by atoms with Crippen molar-refractivity contribution in [3.63, 3.8) is 0 Å². The maximum Gasteiger partial charge on any atom is 0.338 e. The Kier molecular flexibility index (Phi) is 7.91. The van der Waals surface area contributed by atoms with E-state index in [4.69, 9.17) is 21.7 Å². The van der Waals surface area contributed by atoms with Crippen molar-refractivity contribution in [1.29, 1.82) is 0 Å². The van der Waals surface area contributed by atoms with Crippen molar-refractivity contribution in [2.45, 2.75) is 52.5 Å². The van der Waals surface area contributed by atoms with Gasteiger partial charge in [-0.15, -0.1) is 0 Å². The number of benzene rings is 1. The Morgan fingerprint density at radius 3 is 2.65 bits per heavy atom. The van der Waals surface area contributed by atoms with Gasteiger partial charge in [-0.1, -0.05) is 44.9 Å². The Balaban J connectivity index is 2.28. The topological polar surface area (TPSA) is 59.6 Å². The van der Waals surface area contributed by atoms with E-state index in [1.807, 2.05) is 31.2 Å². The van der Waals surface area contributed by atoms with Crippen LogP contribution in [0, 0.1) is 0 Å². The number of allylic oxidation sites excluding steroid dienone is 1. The lowest BCUT2D eigenvalue weighted by atomic mass is 9.95. The van der Waals surface area contributed by atoms with Crippen molar-refractivity contribution in [3.8, 4) is 5.75 Å². The van der Waals surface area contributed by atoms with E-state index in [-0.39, 0.29) is 5.97 Å². The zero-order valence-electron chi connectivity index (χ0n) is 15.8. The highest BCUT2D eigenvalue weighted by molar-refractivity contribution is 7.80. The molecule has 0 amide bonds. The zero-order chi connectivity index (χ0) is 18.9. The lowest BCUT2D eigenvalue weighted by Crippen LogP contribution is -2.45. The normalized spacial score (nSPS) is 16.7. The molecule has 0 radical (unpaired) electrons. The highest BCUT2D eigenvalue weighted by Crippen LogP contribution is 2.33. The van der Waals surface area contributed by atoms with Crippen molar-refractivity contribution in [1.82, 2.24) is 10.6 Å². The molecule has 1 heterocycles. The Bertz CT molecular complexity index is 673. The number of ether oxygens (including phenoxy) is 2. The molecule has 0 saturated carbocycles. The number of para-hydroxylation sites is 1. The molecule has 0 spiro atoms. The molecule has 1 aromatic rings. The van der Waals surface area contributed by atoms with Gasteiger partial charge in [-0.05, 0) is 38.0 Å². The average Bonchev–Trinajstić information content (AvgIpc) is 2.63. The van der Waals surface area contributed by atoms with Gasteiger partial charge in [0.25, 0.3) is 0 Å². The van der Waals surface area contributed by atoms with Gasteiger partial charge in [-0.3, -0.25) is 0 Å². The minimum absolute atomic E-state index is 0.323. The summed E-state index contributed by atoms with van der Waals surface area (Å²) in [5.74, 6) is 0.428. The van der Waals surface area contributed by atoms with Crippen LogP contribution in [-0.2, 0) is 9.53 Å². The monoisotopic (exact) mass is 376 g/mol. The number of unbranched alkanes of at least 4 members (excludes halogenated alkanes) is 2. The summed E-state index contributed by atoms with van der Waals surface area (Å²) >= 11 is 5.30. The average molecular weight is 377 g/mol. The highest BCUT2D eigenvalue weighted by Gasteiger charge is 2.32. The maximum absolute atomic E-state index is 12.7. The lowest BCUT2D eigenvalue weighted by Gasteiger charge is -2.30. The standard InChI is InChI=1S/C20H28N2O3S/c1-4-6-9-13-25-19(23)17-14(3)21-20(26)22-18(17)15-10-7-8-11-16(15)24-12-5-2/h7-8,10-11,18H,4-6,9,12-13H2,1-3H3,(H2,21,22,26). The molecule has 1 aliphatic heterocycles. The van der Waals surface area contributed by atoms with E-state index in [1.165, 1.54) is 0 Å². The third-order valence-corrected chi connectivity index (χ3v) is 4.38. The molecule has 26 heavy (non-hydrogen) atoms. The van der Waals surface area contributed by atoms with Gasteiger partial charge in [0.1, 0.15) is 5.75 Å². The van der Waals surface area contributed by atoms with Crippen LogP contribution in [0.25, 0.3) is 0 Å². The number of nitrogens with one attached hydrogen (secondary N) is 2. The predicted octanol–water partition coefficient (Wildman–Crippen LogP) is 4.00. The van der Waals surface area contributed by atoms with Crippen molar-refractivity contribution in [2.24, 2.45) is 0 Å². The summed E-state index contributed by atoms with van der Waals surface area (Å²) in [7, 11) is 0. The molecule has 6 heteroatoms.